The number of hydrogen-bond donors (Lipinski definition) is 1. The van der Waals surface area contributed by atoms with Crippen molar-refractivity contribution in [2.45, 2.75) is 13.5 Å². The maximum Gasteiger partial charge on any atom is 0.259 e. The van der Waals surface area contributed by atoms with Crippen LogP contribution in [0.2, 0.25) is 0 Å². The Kier molecular flexibility index (Phi) is 4.81. The van der Waals surface area contributed by atoms with Crippen LogP contribution >= 0.6 is 0 Å². The van der Waals surface area contributed by atoms with E-state index >= 15 is 0 Å². The van der Waals surface area contributed by atoms with Gasteiger partial charge in [0.05, 0.1) is 18.0 Å². The number of aromatic amines is 1. The average molecular weight is 372 g/mol. The molecule has 0 amide bonds. The topological polar surface area (TPSA) is 64.2 Å². The fraction of sp³-hybridized carbons (Fsp3) is 0.130. The molecule has 1 aromatic heterocycles. The van der Waals surface area contributed by atoms with Gasteiger partial charge in [0, 0.05) is 11.1 Å². The zero-order valence-electron chi connectivity index (χ0n) is 15.7. The Hall–Kier alpha value is -3.60. The Morgan fingerprint density at radius 3 is 2.57 bits per heavy atom. The SMILES string of the molecule is COc1ccc(-c2nc3ccccc3c(=O)[nH]2)cc1COc1ccc(C)cc1. The molecule has 4 rings (SSSR count). The van der Waals surface area contributed by atoms with Gasteiger partial charge in [-0.3, -0.25) is 4.79 Å². The lowest BCUT2D eigenvalue weighted by atomic mass is 10.1. The molecule has 0 saturated carbocycles. The standard InChI is InChI=1S/C23H20N2O3/c1-15-7-10-18(11-8-15)28-14-17-13-16(9-12-21(17)27-2)22-24-20-6-4-3-5-19(20)23(26)25-22/h3-13H,14H2,1-2H3,(H,24,25,26). The lowest BCUT2D eigenvalue weighted by molar-refractivity contribution is 0.296. The van der Waals surface area contributed by atoms with Gasteiger partial charge < -0.3 is 14.5 Å². The summed E-state index contributed by atoms with van der Waals surface area (Å²) in [5, 5.41) is 0.572. The second-order valence-electron chi connectivity index (χ2n) is 6.56. The highest BCUT2D eigenvalue weighted by Crippen LogP contribution is 2.26. The number of benzene rings is 3. The third-order valence-corrected chi connectivity index (χ3v) is 4.58. The molecule has 0 radical (unpaired) electrons. The lowest BCUT2D eigenvalue weighted by Gasteiger charge is -2.12. The molecule has 0 aliphatic heterocycles. The number of hydrogen-bond acceptors (Lipinski definition) is 4. The number of nitrogens with one attached hydrogen (secondary N) is 1. The smallest absolute Gasteiger partial charge is 0.259 e. The molecular weight excluding hydrogens is 352 g/mol. The minimum absolute atomic E-state index is 0.158. The summed E-state index contributed by atoms with van der Waals surface area (Å²) in [6.45, 7) is 2.38. The molecular formula is C23H20N2O3. The van der Waals surface area contributed by atoms with Crippen LogP contribution in [0.25, 0.3) is 22.3 Å². The fourth-order valence-electron chi connectivity index (χ4n) is 3.06. The second kappa shape index (κ2) is 7.56. The van der Waals surface area contributed by atoms with Gasteiger partial charge in [0.15, 0.2) is 0 Å². The molecule has 0 bridgehead atoms. The van der Waals surface area contributed by atoms with Crippen molar-refractivity contribution in [3.8, 4) is 22.9 Å². The summed E-state index contributed by atoms with van der Waals surface area (Å²) >= 11 is 0. The Balaban J connectivity index is 1.68. The molecule has 140 valence electrons. The Morgan fingerprint density at radius 2 is 1.79 bits per heavy atom. The monoisotopic (exact) mass is 372 g/mol. The van der Waals surface area contributed by atoms with E-state index < -0.39 is 0 Å². The van der Waals surface area contributed by atoms with Gasteiger partial charge in [-0.05, 0) is 49.4 Å². The van der Waals surface area contributed by atoms with Crippen molar-refractivity contribution in [1.29, 1.82) is 0 Å². The summed E-state index contributed by atoms with van der Waals surface area (Å²) in [4.78, 5) is 19.8. The van der Waals surface area contributed by atoms with Crippen LogP contribution in [0.1, 0.15) is 11.1 Å². The summed E-state index contributed by atoms with van der Waals surface area (Å²) in [5.41, 5.74) is 3.35. The zero-order valence-corrected chi connectivity index (χ0v) is 15.7. The lowest BCUT2D eigenvalue weighted by Crippen LogP contribution is -2.09. The highest BCUT2D eigenvalue weighted by molar-refractivity contribution is 5.79. The van der Waals surface area contributed by atoms with E-state index in [9.17, 15) is 4.79 Å². The van der Waals surface area contributed by atoms with Crippen molar-refractivity contribution in [3.05, 3.63) is 88.2 Å². The molecule has 0 unspecified atom stereocenters. The van der Waals surface area contributed by atoms with Crippen molar-refractivity contribution in [3.63, 3.8) is 0 Å². The van der Waals surface area contributed by atoms with Crippen molar-refractivity contribution in [2.24, 2.45) is 0 Å². The second-order valence-corrected chi connectivity index (χ2v) is 6.56. The predicted octanol–water partition coefficient (Wildman–Crippen LogP) is 4.49. The minimum Gasteiger partial charge on any atom is -0.496 e. The van der Waals surface area contributed by atoms with Crippen molar-refractivity contribution < 1.29 is 9.47 Å². The Morgan fingerprint density at radius 1 is 1.00 bits per heavy atom. The first-order valence-electron chi connectivity index (χ1n) is 9.00. The summed E-state index contributed by atoms with van der Waals surface area (Å²) in [7, 11) is 1.63. The molecule has 0 atom stereocenters. The van der Waals surface area contributed by atoms with E-state index in [1.807, 2.05) is 67.6 Å². The van der Waals surface area contributed by atoms with Crippen LogP contribution in [0, 0.1) is 6.92 Å². The first-order valence-corrected chi connectivity index (χ1v) is 9.00. The zero-order chi connectivity index (χ0) is 19.5. The molecule has 0 aliphatic rings. The quantitative estimate of drug-likeness (QED) is 0.561. The normalized spacial score (nSPS) is 10.8. The van der Waals surface area contributed by atoms with Crippen LogP contribution in [-0.2, 0) is 6.61 Å². The van der Waals surface area contributed by atoms with Crippen LogP contribution in [0.15, 0.2) is 71.5 Å². The van der Waals surface area contributed by atoms with E-state index in [1.54, 1.807) is 13.2 Å². The van der Waals surface area contributed by atoms with Crippen LogP contribution in [0.4, 0.5) is 0 Å². The van der Waals surface area contributed by atoms with Crippen molar-refractivity contribution in [2.75, 3.05) is 7.11 Å². The molecule has 1 heterocycles. The van der Waals surface area contributed by atoms with Gasteiger partial charge >= 0.3 is 0 Å². The predicted molar refractivity (Wildman–Crippen MR) is 110 cm³/mol. The van der Waals surface area contributed by atoms with Crippen LogP contribution in [0.5, 0.6) is 11.5 Å². The van der Waals surface area contributed by atoms with E-state index in [0.717, 1.165) is 22.6 Å². The fourth-order valence-corrected chi connectivity index (χ4v) is 3.06. The molecule has 5 nitrogen and oxygen atoms in total. The minimum atomic E-state index is -0.158. The first-order chi connectivity index (χ1) is 13.6. The number of H-pyrrole nitrogens is 1. The van der Waals surface area contributed by atoms with Gasteiger partial charge in [0.2, 0.25) is 0 Å². The van der Waals surface area contributed by atoms with Gasteiger partial charge in [-0.25, -0.2) is 4.98 Å². The first kappa shape index (κ1) is 17.8. The largest absolute Gasteiger partial charge is 0.496 e. The maximum absolute atomic E-state index is 12.4. The van der Waals surface area contributed by atoms with Gasteiger partial charge in [-0.1, -0.05) is 29.8 Å². The van der Waals surface area contributed by atoms with Gasteiger partial charge in [-0.2, -0.15) is 0 Å². The van der Waals surface area contributed by atoms with E-state index in [1.165, 1.54) is 5.56 Å². The summed E-state index contributed by atoms with van der Waals surface area (Å²) in [6, 6.07) is 20.8. The van der Waals surface area contributed by atoms with Crippen LogP contribution < -0.4 is 15.0 Å². The number of fused-ring (bicyclic) bond motifs is 1. The molecule has 5 heteroatoms. The Bertz CT molecular complexity index is 1180. The third kappa shape index (κ3) is 3.60. The maximum atomic E-state index is 12.4. The third-order valence-electron chi connectivity index (χ3n) is 4.58. The number of para-hydroxylation sites is 1. The van der Waals surface area contributed by atoms with E-state index in [0.29, 0.717) is 23.3 Å². The summed E-state index contributed by atoms with van der Waals surface area (Å²) in [6.07, 6.45) is 0. The molecule has 0 saturated heterocycles. The number of aryl methyl sites for hydroxylation is 1. The molecule has 0 aliphatic carbocycles. The number of nitrogens with zero attached hydrogens (tertiary/aromatic N) is 1. The number of ether oxygens (including phenoxy) is 2. The molecule has 28 heavy (non-hydrogen) atoms. The molecule has 3 aromatic carbocycles. The number of methoxy groups -OCH3 is 1. The van der Waals surface area contributed by atoms with Crippen LogP contribution in [-0.4, -0.2) is 17.1 Å². The molecule has 1 N–H and O–H groups in total. The van der Waals surface area contributed by atoms with Gasteiger partial charge in [0.25, 0.3) is 5.56 Å². The van der Waals surface area contributed by atoms with Crippen molar-refractivity contribution >= 4 is 10.9 Å². The van der Waals surface area contributed by atoms with E-state index in [4.69, 9.17) is 9.47 Å². The average Bonchev–Trinajstić information content (AvgIpc) is 2.73. The number of rotatable bonds is 5. The molecule has 0 spiro atoms. The molecule has 0 fully saturated rings. The van der Waals surface area contributed by atoms with Gasteiger partial charge in [-0.15, -0.1) is 0 Å². The summed E-state index contributed by atoms with van der Waals surface area (Å²) < 4.78 is 11.4. The highest BCUT2D eigenvalue weighted by Gasteiger charge is 2.10. The number of aromatic nitrogens is 2. The van der Waals surface area contributed by atoms with Crippen molar-refractivity contribution in [1.82, 2.24) is 9.97 Å². The van der Waals surface area contributed by atoms with E-state index in [-0.39, 0.29) is 5.56 Å². The Labute approximate surface area is 162 Å². The molecule has 4 aromatic rings. The van der Waals surface area contributed by atoms with Gasteiger partial charge in [0.1, 0.15) is 23.9 Å². The van der Waals surface area contributed by atoms with E-state index in [2.05, 4.69) is 9.97 Å². The highest BCUT2D eigenvalue weighted by atomic mass is 16.5. The summed E-state index contributed by atoms with van der Waals surface area (Å²) in [5.74, 6) is 2.03. The van der Waals surface area contributed by atoms with Crippen LogP contribution in [0.3, 0.4) is 0 Å².